The van der Waals surface area contributed by atoms with Crippen LogP contribution in [0.4, 0.5) is 5.69 Å². The van der Waals surface area contributed by atoms with Crippen molar-refractivity contribution in [3.05, 3.63) is 76.6 Å². The Labute approximate surface area is 175 Å². The Balaban J connectivity index is 2.07. The van der Waals surface area contributed by atoms with Crippen LogP contribution in [0.15, 0.2) is 48.5 Å². The molecular formula is C24H24N2O4. The first kappa shape index (κ1) is 21.0. The molecule has 0 unspecified atom stereocenters. The van der Waals surface area contributed by atoms with Gasteiger partial charge in [-0.25, -0.2) is 4.79 Å². The molecule has 30 heavy (non-hydrogen) atoms. The normalized spacial score (nSPS) is 10.5. The maximum absolute atomic E-state index is 13.1. The van der Waals surface area contributed by atoms with Gasteiger partial charge in [0, 0.05) is 16.9 Å². The molecule has 0 saturated carbocycles. The zero-order chi connectivity index (χ0) is 21.8. The van der Waals surface area contributed by atoms with Crippen LogP contribution in [0.25, 0.3) is 11.1 Å². The maximum atomic E-state index is 13.1. The van der Waals surface area contributed by atoms with Crippen molar-refractivity contribution in [2.75, 3.05) is 11.9 Å². The van der Waals surface area contributed by atoms with E-state index >= 15 is 0 Å². The number of anilines is 1. The minimum Gasteiger partial charge on any atom is -0.462 e. The average molecular weight is 404 g/mol. The zero-order valence-corrected chi connectivity index (χ0v) is 17.5. The summed E-state index contributed by atoms with van der Waals surface area (Å²) < 4.78 is 5.19. The summed E-state index contributed by atoms with van der Waals surface area (Å²) in [6.45, 7) is 7.39. The largest absolute Gasteiger partial charge is 0.462 e. The van der Waals surface area contributed by atoms with Gasteiger partial charge in [-0.05, 0) is 44.9 Å². The van der Waals surface area contributed by atoms with E-state index in [0.717, 1.165) is 11.1 Å². The third-order valence-corrected chi connectivity index (χ3v) is 4.83. The van der Waals surface area contributed by atoms with E-state index in [1.165, 1.54) is 0 Å². The van der Waals surface area contributed by atoms with E-state index in [4.69, 9.17) is 4.74 Å². The van der Waals surface area contributed by atoms with E-state index in [-0.39, 0.29) is 17.9 Å². The van der Waals surface area contributed by atoms with Crippen LogP contribution in [0.3, 0.4) is 0 Å². The maximum Gasteiger partial charge on any atom is 0.340 e. The highest BCUT2D eigenvalue weighted by molar-refractivity contribution is 6.47. The molecule has 6 nitrogen and oxygen atoms in total. The van der Waals surface area contributed by atoms with Gasteiger partial charge in [-0.3, -0.25) is 9.59 Å². The molecule has 0 atom stereocenters. The minimum absolute atomic E-state index is 0.0606. The van der Waals surface area contributed by atoms with Crippen molar-refractivity contribution in [2.45, 2.75) is 27.7 Å². The number of aromatic amines is 1. The first-order valence-electron chi connectivity index (χ1n) is 9.71. The molecule has 0 aliphatic rings. The number of hydrogen-bond acceptors (Lipinski definition) is 4. The number of ether oxygens (including phenoxy) is 1. The van der Waals surface area contributed by atoms with Gasteiger partial charge in [0.15, 0.2) is 0 Å². The first-order valence-corrected chi connectivity index (χ1v) is 9.71. The smallest absolute Gasteiger partial charge is 0.340 e. The van der Waals surface area contributed by atoms with Gasteiger partial charge in [0.2, 0.25) is 0 Å². The highest BCUT2D eigenvalue weighted by Gasteiger charge is 2.30. The number of hydrogen-bond donors (Lipinski definition) is 2. The monoisotopic (exact) mass is 404 g/mol. The van der Waals surface area contributed by atoms with Crippen molar-refractivity contribution in [3.8, 4) is 11.1 Å². The quantitative estimate of drug-likeness (QED) is 0.357. The van der Waals surface area contributed by atoms with Gasteiger partial charge in [0.1, 0.15) is 5.69 Å². The Morgan fingerprint density at radius 1 is 0.967 bits per heavy atom. The molecule has 0 aliphatic heterocycles. The minimum atomic E-state index is -0.783. The number of nitrogens with one attached hydrogen (secondary N) is 2. The number of Topliss-reactive ketones (excluding diaryl/α,β-unsaturated/α-hetero) is 1. The molecule has 3 rings (SSSR count). The van der Waals surface area contributed by atoms with Crippen molar-refractivity contribution in [1.82, 2.24) is 4.98 Å². The van der Waals surface area contributed by atoms with Crippen molar-refractivity contribution in [1.29, 1.82) is 0 Å². The van der Waals surface area contributed by atoms with Gasteiger partial charge in [-0.2, -0.15) is 0 Å². The van der Waals surface area contributed by atoms with E-state index in [9.17, 15) is 14.4 Å². The molecule has 0 fully saturated rings. The Bertz CT molecular complexity index is 1110. The van der Waals surface area contributed by atoms with Crippen LogP contribution >= 0.6 is 0 Å². The first-order chi connectivity index (χ1) is 14.3. The molecule has 2 N–H and O–H groups in total. The standard InChI is InChI=1S/C24H24N2O4/c1-5-30-24(29)19-16(4)25-21(20(19)17-12-10-14(2)11-13-17)22(27)23(28)26-18-9-7-6-8-15(18)3/h6-13,25H,5H2,1-4H3,(H,26,28). The van der Waals surface area contributed by atoms with E-state index in [1.54, 1.807) is 26.0 Å². The molecule has 2 aromatic carbocycles. The number of benzene rings is 2. The molecule has 3 aromatic rings. The Kier molecular flexibility index (Phi) is 6.16. The zero-order valence-electron chi connectivity index (χ0n) is 17.5. The molecule has 6 heteroatoms. The number of esters is 1. The summed E-state index contributed by atoms with van der Waals surface area (Å²) in [7, 11) is 0. The van der Waals surface area contributed by atoms with Crippen molar-refractivity contribution in [2.24, 2.45) is 0 Å². The summed E-state index contributed by atoms with van der Waals surface area (Å²) in [6, 6.07) is 14.6. The van der Waals surface area contributed by atoms with Crippen LogP contribution in [-0.2, 0) is 9.53 Å². The fourth-order valence-electron chi connectivity index (χ4n) is 3.27. The molecular weight excluding hydrogens is 380 g/mol. The number of aromatic nitrogens is 1. The molecule has 0 bridgehead atoms. The molecule has 0 saturated heterocycles. The molecule has 0 spiro atoms. The topological polar surface area (TPSA) is 88.3 Å². The van der Waals surface area contributed by atoms with E-state index in [1.807, 2.05) is 50.2 Å². The van der Waals surface area contributed by atoms with Crippen molar-refractivity contribution >= 4 is 23.3 Å². The number of amides is 1. The van der Waals surface area contributed by atoms with Gasteiger partial charge in [-0.1, -0.05) is 48.0 Å². The van der Waals surface area contributed by atoms with E-state index in [0.29, 0.717) is 22.5 Å². The summed E-state index contributed by atoms with van der Waals surface area (Å²) in [4.78, 5) is 41.3. The summed E-state index contributed by atoms with van der Waals surface area (Å²) in [5.41, 5.74) is 4.24. The lowest BCUT2D eigenvalue weighted by Crippen LogP contribution is -2.24. The highest BCUT2D eigenvalue weighted by Crippen LogP contribution is 2.32. The summed E-state index contributed by atoms with van der Waals surface area (Å²) in [5.74, 6) is -2.08. The Morgan fingerprint density at radius 2 is 1.63 bits per heavy atom. The molecule has 1 amide bonds. The SMILES string of the molecule is CCOC(=O)c1c(C)[nH]c(C(=O)C(=O)Nc2ccccc2C)c1-c1ccc(C)cc1. The van der Waals surface area contributed by atoms with E-state index < -0.39 is 17.7 Å². The summed E-state index contributed by atoms with van der Waals surface area (Å²) >= 11 is 0. The Morgan fingerprint density at radius 3 is 2.27 bits per heavy atom. The van der Waals surface area contributed by atoms with Crippen LogP contribution in [0.1, 0.15) is 44.6 Å². The van der Waals surface area contributed by atoms with Crippen LogP contribution in [0.5, 0.6) is 0 Å². The molecule has 154 valence electrons. The summed E-state index contributed by atoms with van der Waals surface area (Å²) in [6.07, 6.45) is 0. The van der Waals surface area contributed by atoms with Gasteiger partial charge < -0.3 is 15.0 Å². The molecule has 0 radical (unpaired) electrons. The third-order valence-electron chi connectivity index (χ3n) is 4.83. The number of carbonyl (C=O) groups is 3. The van der Waals surface area contributed by atoms with Crippen LogP contribution < -0.4 is 5.32 Å². The molecule has 1 aromatic heterocycles. The van der Waals surface area contributed by atoms with Gasteiger partial charge in [0.05, 0.1) is 12.2 Å². The number of para-hydroxylation sites is 1. The van der Waals surface area contributed by atoms with Crippen molar-refractivity contribution < 1.29 is 19.1 Å². The number of rotatable bonds is 6. The fourth-order valence-corrected chi connectivity index (χ4v) is 3.27. The van der Waals surface area contributed by atoms with Crippen molar-refractivity contribution in [3.63, 3.8) is 0 Å². The second-order valence-corrected chi connectivity index (χ2v) is 7.06. The third kappa shape index (κ3) is 4.17. The summed E-state index contributed by atoms with van der Waals surface area (Å²) in [5, 5.41) is 2.65. The number of H-pyrrole nitrogens is 1. The van der Waals surface area contributed by atoms with Gasteiger partial charge in [-0.15, -0.1) is 0 Å². The molecule has 0 aliphatic carbocycles. The average Bonchev–Trinajstić information content (AvgIpc) is 3.07. The predicted molar refractivity (Wildman–Crippen MR) is 116 cm³/mol. The van der Waals surface area contributed by atoms with Crippen LogP contribution in [0.2, 0.25) is 0 Å². The number of aryl methyl sites for hydroxylation is 3. The second-order valence-electron chi connectivity index (χ2n) is 7.06. The lowest BCUT2D eigenvalue weighted by atomic mass is 9.97. The second kappa shape index (κ2) is 8.78. The number of carbonyl (C=O) groups excluding carboxylic acids is 3. The lowest BCUT2D eigenvalue weighted by Gasteiger charge is -2.10. The fraction of sp³-hybridized carbons (Fsp3) is 0.208. The Hall–Kier alpha value is -3.67. The van der Waals surface area contributed by atoms with Crippen LogP contribution in [0, 0.1) is 20.8 Å². The lowest BCUT2D eigenvalue weighted by molar-refractivity contribution is -0.112. The predicted octanol–water partition coefficient (Wildman–Crippen LogP) is 4.61. The highest BCUT2D eigenvalue weighted by atomic mass is 16.5. The molecule has 1 heterocycles. The van der Waals surface area contributed by atoms with Crippen LogP contribution in [-0.4, -0.2) is 29.3 Å². The van der Waals surface area contributed by atoms with E-state index in [2.05, 4.69) is 10.3 Å². The van der Waals surface area contributed by atoms with Gasteiger partial charge in [0.25, 0.3) is 11.7 Å². The number of ketones is 1. The van der Waals surface area contributed by atoms with Gasteiger partial charge >= 0.3 is 5.97 Å².